The third-order valence-corrected chi connectivity index (χ3v) is 5.27. The van der Waals surface area contributed by atoms with Crippen molar-refractivity contribution in [3.05, 3.63) is 89.5 Å². The maximum atomic E-state index is 12.7. The van der Waals surface area contributed by atoms with Gasteiger partial charge >= 0.3 is 0 Å². The number of nitrogens with one attached hydrogen (secondary N) is 2. The molecule has 2 N–H and O–H groups in total. The van der Waals surface area contributed by atoms with Crippen LogP contribution in [-0.2, 0) is 13.0 Å². The van der Waals surface area contributed by atoms with E-state index in [4.69, 9.17) is 4.42 Å². The lowest BCUT2D eigenvalue weighted by molar-refractivity contribution is 0.0702. The topological polar surface area (TPSA) is 78.3 Å². The zero-order chi connectivity index (χ0) is 19.8. The van der Waals surface area contributed by atoms with Crippen LogP contribution in [0.25, 0.3) is 10.9 Å². The highest BCUT2D eigenvalue weighted by Gasteiger charge is 2.23. The molecule has 0 spiro atoms. The molecule has 6 heteroatoms. The highest BCUT2D eigenvalue weighted by atomic mass is 16.3. The molecule has 0 radical (unpaired) electrons. The van der Waals surface area contributed by atoms with Gasteiger partial charge in [-0.2, -0.15) is 0 Å². The van der Waals surface area contributed by atoms with Crippen LogP contribution in [0, 0.1) is 0 Å². The molecule has 0 fully saturated rings. The zero-order valence-electron chi connectivity index (χ0n) is 15.6. The van der Waals surface area contributed by atoms with Crippen LogP contribution in [0.4, 0.5) is 5.69 Å². The van der Waals surface area contributed by atoms with Gasteiger partial charge in [-0.05, 0) is 53.9 Å². The molecule has 1 aliphatic rings. The summed E-state index contributed by atoms with van der Waals surface area (Å²) < 4.78 is 5.24. The standard InChI is InChI=1S/C23H19N3O3/c27-22(20-13-16-4-1-2-5-19(16)25-20)24-18-8-7-15-9-10-26(14-17(15)12-18)23(28)21-6-3-11-29-21/h1-8,11-13,25H,9-10,14H2,(H,24,27). The smallest absolute Gasteiger partial charge is 0.289 e. The van der Waals surface area contributed by atoms with Crippen LogP contribution in [0.15, 0.2) is 71.3 Å². The molecular weight excluding hydrogens is 366 g/mol. The molecule has 0 bridgehead atoms. The molecule has 3 heterocycles. The Morgan fingerprint density at radius 3 is 2.72 bits per heavy atom. The minimum absolute atomic E-state index is 0.117. The summed E-state index contributed by atoms with van der Waals surface area (Å²) in [6, 6.07) is 18.9. The van der Waals surface area contributed by atoms with Gasteiger partial charge in [0.25, 0.3) is 11.8 Å². The first-order chi connectivity index (χ1) is 14.2. The van der Waals surface area contributed by atoms with Crippen molar-refractivity contribution in [1.82, 2.24) is 9.88 Å². The van der Waals surface area contributed by atoms with Crippen LogP contribution in [0.5, 0.6) is 0 Å². The molecule has 0 atom stereocenters. The van der Waals surface area contributed by atoms with Crippen molar-refractivity contribution in [2.45, 2.75) is 13.0 Å². The van der Waals surface area contributed by atoms with Gasteiger partial charge in [0.15, 0.2) is 5.76 Å². The normalized spacial score (nSPS) is 13.3. The molecule has 0 unspecified atom stereocenters. The van der Waals surface area contributed by atoms with Crippen LogP contribution < -0.4 is 5.32 Å². The minimum atomic E-state index is -0.194. The number of fused-ring (bicyclic) bond motifs is 2. The number of rotatable bonds is 3. The quantitative estimate of drug-likeness (QED) is 0.554. The van der Waals surface area contributed by atoms with Crippen LogP contribution >= 0.6 is 0 Å². The maximum absolute atomic E-state index is 12.7. The summed E-state index contributed by atoms with van der Waals surface area (Å²) in [5, 5.41) is 3.94. The molecule has 144 valence electrons. The van der Waals surface area contributed by atoms with Crippen LogP contribution in [0.3, 0.4) is 0 Å². The van der Waals surface area contributed by atoms with Crippen molar-refractivity contribution < 1.29 is 14.0 Å². The molecule has 2 amide bonds. The zero-order valence-corrected chi connectivity index (χ0v) is 15.6. The molecule has 0 saturated heterocycles. The number of benzene rings is 2. The van der Waals surface area contributed by atoms with Crippen molar-refractivity contribution in [3.8, 4) is 0 Å². The summed E-state index contributed by atoms with van der Waals surface area (Å²) in [7, 11) is 0. The van der Waals surface area contributed by atoms with Gasteiger partial charge in [-0.1, -0.05) is 24.3 Å². The lowest BCUT2D eigenvalue weighted by atomic mass is 9.98. The van der Waals surface area contributed by atoms with Gasteiger partial charge in [-0.25, -0.2) is 0 Å². The first kappa shape index (κ1) is 17.3. The van der Waals surface area contributed by atoms with E-state index in [0.717, 1.165) is 22.9 Å². The number of hydrogen-bond acceptors (Lipinski definition) is 3. The molecular formula is C23H19N3O3. The molecule has 0 aliphatic carbocycles. The maximum Gasteiger partial charge on any atom is 0.289 e. The molecule has 1 aliphatic heterocycles. The lowest BCUT2D eigenvalue weighted by Gasteiger charge is -2.28. The Hall–Kier alpha value is -3.80. The summed E-state index contributed by atoms with van der Waals surface area (Å²) in [6.45, 7) is 1.14. The lowest BCUT2D eigenvalue weighted by Crippen LogP contribution is -2.35. The molecule has 0 saturated carbocycles. The highest BCUT2D eigenvalue weighted by molar-refractivity contribution is 6.06. The Bertz CT molecular complexity index is 1170. The summed E-state index contributed by atoms with van der Waals surface area (Å²) in [4.78, 5) is 30.1. The Balaban J connectivity index is 1.34. The fraction of sp³-hybridized carbons (Fsp3) is 0.130. The Morgan fingerprint density at radius 1 is 1.00 bits per heavy atom. The number of nitrogens with zero attached hydrogens (tertiary/aromatic N) is 1. The third-order valence-electron chi connectivity index (χ3n) is 5.27. The number of furan rings is 1. The SMILES string of the molecule is O=C(Nc1ccc2c(c1)CN(C(=O)c1ccco1)CC2)c1cc2ccccc2[nH]1. The van der Waals surface area contributed by atoms with E-state index in [1.165, 1.54) is 11.8 Å². The van der Waals surface area contributed by atoms with Crippen LogP contribution in [0.1, 0.15) is 32.2 Å². The number of anilines is 1. The fourth-order valence-corrected chi connectivity index (χ4v) is 3.76. The largest absolute Gasteiger partial charge is 0.459 e. The van der Waals surface area contributed by atoms with Gasteiger partial charge in [0.2, 0.25) is 0 Å². The molecule has 29 heavy (non-hydrogen) atoms. The molecule has 2 aromatic carbocycles. The van der Waals surface area contributed by atoms with Crippen LogP contribution in [0.2, 0.25) is 0 Å². The monoisotopic (exact) mass is 385 g/mol. The summed E-state index contributed by atoms with van der Waals surface area (Å²) in [5.74, 6) is 0.0327. The van der Waals surface area contributed by atoms with Gasteiger partial charge in [0, 0.05) is 29.7 Å². The van der Waals surface area contributed by atoms with Crippen molar-refractivity contribution in [3.63, 3.8) is 0 Å². The van der Waals surface area contributed by atoms with E-state index in [1.54, 1.807) is 17.0 Å². The third kappa shape index (κ3) is 3.29. The van der Waals surface area contributed by atoms with Gasteiger partial charge in [-0.3, -0.25) is 9.59 Å². The van der Waals surface area contributed by atoms with E-state index in [0.29, 0.717) is 30.2 Å². The Labute approximate surface area is 167 Å². The molecule has 4 aromatic rings. The second-order valence-electron chi connectivity index (χ2n) is 7.16. The fourth-order valence-electron chi connectivity index (χ4n) is 3.76. The van der Waals surface area contributed by atoms with E-state index in [9.17, 15) is 9.59 Å². The Kier molecular flexibility index (Phi) is 4.17. The number of H-pyrrole nitrogens is 1. The number of carbonyl (C=O) groups excluding carboxylic acids is 2. The summed E-state index contributed by atoms with van der Waals surface area (Å²) >= 11 is 0. The first-order valence-corrected chi connectivity index (χ1v) is 9.51. The number of hydrogen-bond donors (Lipinski definition) is 2. The van der Waals surface area contributed by atoms with Gasteiger partial charge in [0.05, 0.1) is 6.26 Å². The number of para-hydroxylation sites is 1. The number of carbonyl (C=O) groups is 2. The van der Waals surface area contributed by atoms with E-state index in [2.05, 4.69) is 10.3 Å². The van der Waals surface area contributed by atoms with E-state index in [-0.39, 0.29) is 11.8 Å². The van der Waals surface area contributed by atoms with E-state index in [1.807, 2.05) is 48.5 Å². The highest BCUT2D eigenvalue weighted by Crippen LogP contribution is 2.25. The number of aromatic nitrogens is 1. The Morgan fingerprint density at radius 2 is 1.90 bits per heavy atom. The number of amides is 2. The van der Waals surface area contributed by atoms with Crippen molar-refractivity contribution in [2.75, 3.05) is 11.9 Å². The number of aromatic amines is 1. The predicted molar refractivity (Wildman–Crippen MR) is 110 cm³/mol. The average molecular weight is 385 g/mol. The second-order valence-corrected chi connectivity index (χ2v) is 7.16. The van der Waals surface area contributed by atoms with E-state index >= 15 is 0 Å². The van der Waals surface area contributed by atoms with Gasteiger partial charge < -0.3 is 19.6 Å². The minimum Gasteiger partial charge on any atom is -0.459 e. The van der Waals surface area contributed by atoms with Crippen molar-refractivity contribution in [2.24, 2.45) is 0 Å². The second kappa shape index (κ2) is 6.98. The first-order valence-electron chi connectivity index (χ1n) is 9.51. The molecule has 6 nitrogen and oxygen atoms in total. The summed E-state index contributed by atoms with van der Waals surface area (Å²) in [5.41, 5.74) is 4.37. The van der Waals surface area contributed by atoms with Gasteiger partial charge in [-0.15, -0.1) is 0 Å². The summed E-state index contributed by atoms with van der Waals surface area (Å²) in [6.07, 6.45) is 2.28. The predicted octanol–water partition coefficient (Wildman–Crippen LogP) is 4.21. The molecule has 5 rings (SSSR count). The van der Waals surface area contributed by atoms with Crippen molar-refractivity contribution in [1.29, 1.82) is 0 Å². The van der Waals surface area contributed by atoms with Gasteiger partial charge in [0.1, 0.15) is 5.69 Å². The van der Waals surface area contributed by atoms with E-state index < -0.39 is 0 Å². The van der Waals surface area contributed by atoms with Crippen molar-refractivity contribution >= 4 is 28.4 Å². The average Bonchev–Trinajstić information content (AvgIpc) is 3.42. The van der Waals surface area contributed by atoms with Crippen LogP contribution in [-0.4, -0.2) is 28.2 Å². The molecule has 2 aromatic heterocycles.